The van der Waals surface area contributed by atoms with Crippen LogP contribution in [0.5, 0.6) is 5.75 Å². The molecule has 0 aromatic heterocycles. The molecule has 3 rings (SSSR count). The first-order valence-electron chi connectivity index (χ1n) is 9.29. The number of anilines is 1. The van der Waals surface area contributed by atoms with Gasteiger partial charge in [0.25, 0.3) is 0 Å². The van der Waals surface area contributed by atoms with Crippen LogP contribution in [0.1, 0.15) is 60.8 Å². The van der Waals surface area contributed by atoms with Gasteiger partial charge < -0.3 is 10.5 Å². The van der Waals surface area contributed by atoms with Gasteiger partial charge in [-0.3, -0.25) is 0 Å². The quantitative estimate of drug-likeness (QED) is 0.545. The van der Waals surface area contributed by atoms with Crippen LogP contribution in [0.25, 0.3) is 12.2 Å². The van der Waals surface area contributed by atoms with Crippen LogP contribution in [0.2, 0.25) is 0 Å². The van der Waals surface area contributed by atoms with Crippen molar-refractivity contribution in [3.05, 3.63) is 58.7 Å². The molecule has 0 spiro atoms. The summed E-state index contributed by atoms with van der Waals surface area (Å²) in [5.41, 5.74) is 12.5. The highest BCUT2D eigenvalue weighted by Crippen LogP contribution is 2.41. The summed E-state index contributed by atoms with van der Waals surface area (Å²) in [5.74, 6) is 2.29. The number of ether oxygens (including phenoxy) is 1. The number of methoxy groups -OCH3 is 1. The zero-order valence-corrected chi connectivity index (χ0v) is 15.6. The second-order valence-electron chi connectivity index (χ2n) is 7.37. The van der Waals surface area contributed by atoms with E-state index in [0.717, 1.165) is 28.5 Å². The highest BCUT2D eigenvalue weighted by molar-refractivity contribution is 5.78. The summed E-state index contributed by atoms with van der Waals surface area (Å²) < 4.78 is 5.21. The number of nitrogen functional groups attached to an aromatic ring is 1. The molecule has 0 heterocycles. The molecule has 25 heavy (non-hydrogen) atoms. The Hall–Kier alpha value is -2.22. The van der Waals surface area contributed by atoms with Crippen LogP contribution in [0.3, 0.4) is 0 Å². The van der Waals surface area contributed by atoms with Gasteiger partial charge in [-0.1, -0.05) is 56.2 Å². The maximum absolute atomic E-state index is 6.60. The van der Waals surface area contributed by atoms with Crippen molar-refractivity contribution in [1.82, 2.24) is 0 Å². The van der Waals surface area contributed by atoms with Crippen molar-refractivity contribution >= 4 is 17.8 Å². The molecule has 2 nitrogen and oxygen atoms in total. The third kappa shape index (κ3) is 4.07. The van der Waals surface area contributed by atoms with Crippen molar-refractivity contribution in [2.45, 2.75) is 45.4 Å². The van der Waals surface area contributed by atoms with Crippen molar-refractivity contribution in [3.63, 3.8) is 0 Å². The molecule has 1 saturated carbocycles. The van der Waals surface area contributed by atoms with Crippen molar-refractivity contribution in [3.8, 4) is 5.75 Å². The van der Waals surface area contributed by atoms with Crippen LogP contribution in [0.4, 0.5) is 5.69 Å². The van der Waals surface area contributed by atoms with Crippen LogP contribution in [-0.4, -0.2) is 7.11 Å². The number of rotatable bonds is 4. The fraction of sp³-hybridized carbons (Fsp3) is 0.391. The maximum Gasteiger partial charge on any atom is 0.118 e. The number of benzene rings is 2. The average molecular weight is 335 g/mol. The Bertz CT molecular complexity index is 745. The van der Waals surface area contributed by atoms with E-state index in [1.807, 2.05) is 12.1 Å². The zero-order chi connectivity index (χ0) is 17.8. The van der Waals surface area contributed by atoms with Gasteiger partial charge in [0.1, 0.15) is 5.75 Å². The Morgan fingerprint density at radius 1 is 1.04 bits per heavy atom. The Morgan fingerprint density at radius 3 is 2.48 bits per heavy atom. The van der Waals surface area contributed by atoms with E-state index in [1.54, 1.807) is 7.11 Å². The van der Waals surface area contributed by atoms with E-state index in [2.05, 4.69) is 50.3 Å². The summed E-state index contributed by atoms with van der Waals surface area (Å²) in [6.45, 7) is 4.56. The van der Waals surface area contributed by atoms with E-state index in [4.69, 9.17) is 10.5 Å². The summed E-state index contributed by atoms with van der Waals surface area (Å²) in [4.78, 5) is 0. The molecule has 0 aliphatic heterocycles. The summed E-state index contributed by atoms with van der Waals surface area (Å²) in [7, 11) is 1.69. The molecule has 2 N–H and O–H groups in total. The van der Waals surface area contributed by atoms with Gasteiger partial charge >= 0.3 is 0 Å². The van der Waals surface area contributed by atoms with E-state index in [1.165, 1.54) is 36.8 Å². The maximum atomic E-state index is 6.60. The van der Waals surface area contributed by atoms with Gasteiger partial charge in [-0.25, -0.2) is 0 Å². The second kappa shape index (κ2) is 7.77. The highest BCUT2D eigenvalue weighted by Gasteiger charge is 2.24. The fourth-order valence-corrected chi connectivity index (χ4v) is 4.05. The predicted molar refractivity (Wildman–Crippen MR) is 108 cm³/mol. The number of hydrogen-bond donors (Lipinski definition) is 1. The lowest BCUT2D eigenvalue weighted by molar-refractivity contribution is 0.344. The minimum absolute atomic E-state index is 0.609. The van der Waals surface area contributed by atoms with Crippen LogP contribution in [0, 0.1) is 12.8 Å². The third-order valence-electron chi connectivity index (χ3n) is 5.45. The number of hydrogen-bond acceptors (Lipinski definition) is 2. The van der Waals surface area contributed by atoms with Gasteiger partial charge in [0.15, 0.2) is 0 Å². The van der Waals surface area contributed by atoms with Crippen molar-refractivity contribution < 1.29 is 4.74 Å². The first-order valence-corrected chi connectivity index (χ1v) is 9.29. The molecule has 2 aromatic carbocycles. The average Bonchev–Trinajstić information content (AvgIpc) is 2.62. The Labute approximate surface area is 151 Å². The Kier molecular flexibility index (Phi) is 5.47. The molecule has 1 fully saturated rings. The van der Waals surface area contributed by atoms with Crippen LogP contribution < -0.4 is 10.5 Å². The van der Waals surface area contributed by atoms with Gasteiger partial charge in [0, 0.05) is 5.69 Å². The van der Waals surface area contributed by atoms with Crippen molar-refractivity contribution in [2.75, 3.05) is 12.8 Å². The molecule has 2 unspecified atom stereocenters. The van der Waals surface area contributed by atoms with Crippen molar-refractivity contribution in [2.24, 2.45) is 5.92 Å². The van der Waals surface area contributed by atoms with Crippen molar-refractivity contribution in [1.29, 1.82) is 0 Å². The van der Waals surface area contributed by atoms with Gasteiger partial charge in [-0.05, 0) is 66.0 Å². The lowest BCUT2D eigenvalue weighted by Gasteiger charge is -2.29. The summed E-state index contributed by atoms with van der Waals surface area (Å²) >= 11 is 0. The van der Waals surface area contributed by atoms with Gasteiger partial charge in [0.2, 0.25) is 0 Å². The van der Waals surface area contributed by atoms with Gasteiger partial charge in [0.05, 0.1) is 7.11 Å². The molecule has 1 aliphatic carbocycles. The standard InChI is InChI=1S/C23H29NO/c1-16-5-4-6-20(15-16)22-17(2)7-11-19(23(22)24)12-8-18-9-13-21(25-3)14-10-18/h7-14,16,20H,4-6,15,24H2,1-3H3. The number of nitrogens with two attached hydrogens (primary N) is 1. The van der Waals surface area contributed by atoms with Crippen LogP contribution in [-0.2, 0) is 0 Å². The molecule has 132 valence electrons. The SMILES string of the molecule is COc1ccc(C=Cc2ccc(C)c(C3CCCC(C)C3)c2N)cc1. The van der Waals surface area contributed by atoms with Gasteiger partial charge in [-0.15, -0.1) is 0 Å². The van der Waals surface area contributed by atoms with Gasteiger partial charge in [-0.2, -0.15) is 0 Å². The lowest BCUT2D eigenvalue weighted by Crippen LogP contribution is -2.14. The summed E-state index contributed by atoms with van der Waals surface area (Å²) in [5, 5.41) is 0. The molecule has 0 radical (unpaired) electrons. The molecule has 0 amide bonds. The molecular formula is C23H29NO. The highest BCUT2D eigenvalue weighted by atomic mass is 16.5. The summed E-state index contributed by atoms with van der Waals surface area (Å²) in [6, 6.07) is 12.4. The smallest absolute Gasteiger partial charge is 0.118 e. The van der Waals surface area contributed by atoms with E-state index >= 15 is 0 Å². The molecule has 2 heteroatoms. The first kappa shape index (κ1) is 17.6. The molecule has 2 aromatic rings. The molecular weight excluding hydrogens is 306 g/mol. The van der Waals surface area contributed by atoms with Crippen LogP contribution in [0.15, 0.2) is 36.4 Å². The molecule has 1 aliphatic rings. The monoisotopic (exact) mass is 335 g/mol. The summed E-state index contributed by atoms with van der Waals surface area (Å²) in [6.07, 6.45) is 9.45. The van der Waals surface area contributed by atoms with E-state index in [-0.39, 0.29) is 0 Å². The largest absolute Gasteiger partial charge is 0.497 e. The fourth-order valence-electron chi connectivity index (χ4n) is 4.05. The lowest BCUT2D eigenvalue weighted by atomic mass is 9.76. The topological polar surface area (TPSA) is 35.2 Å². The third-order valence-corrected chi connectivity index (χ3v) is 5.45. The number of aryl methyl sites for hydroxylation is 1. The minimum Gasteiger partial charge on any atom is -0.497 e. The Morgan fingerprint density at radius 2 is 1.80 bits per heavy atom. The molecule has 2 atom stereocenters. The predicted octanol–water partition coefficient (Wildman–Crippen LogP) is 6.05. The Balaban J connectivity index is 1.86. The zero-order valence-electron chi connectivity index (χ0n) is 15.6. The second-order valence-corrected chi connectivity index (χ2v) is 7.37. The molecule has 0 bridgehead atoms. The molecule has 0 saturated heterocycles. The van der Waals surface area contributed by atoms with E-state index < -0.39 is 0 Å². The van der Waals surface area contributed by atoms with Crippen LogP contribution >= 0.6 is 0 Å². The van der Waals surface area contributed by atoms with E-state index in [0.29, 0.717) is 5.92 Å². The minimum atomic E-state index is 0.609. The first-order chi connectivity index (χ1) is 12.1. The van der Waals surface area contributed by atoms with E-state index in [9.17, 15) is 0 Å². The normalized spacial score (nSPS) is 20.8.